The number of aliphatic hydroxyl groups is 1. The number of anilines is 1. The van der Waals surface area contributed by atoms with E-state index in [4.69, 9.17) is 5.11 Å². The molecule has 4 nitrogen and oxygen atoms in total. The minimum absolute atomic E-state index is 0.0196. The van der Waals surface area contributed by atoms with E-state index in [9.17, 15) is 4.79 Å². The van der Waals surface area contributed by atoms with Gasteiger partial charge in [-0.2, -0.15) is 0 Å². The lowest BCUT2D eigenvalue weighted by atomic mass is 10.1. The van der Waals surface area contributed by atoms with Gasteiger partial charge in [-0.3, -0.25) is 4.79 Å². The summed E-state index contributed by atoms with van der Waals surface area (Å²) >= 11 is 0. The van der Waals surface area contributed by atoms with Gasteiger partial charge in [0.2, 0.25) is 5.91 Å². The molecule has 82 valence electrons. The maximum atomic E-state index is 11.2. The monoisotopic (exact) mass is 208 g/mol. The van der Waals surface area contributed by atoms with Crippen molar-refractivity contribution in [3.05, 3.63) is 29.8 Å². The van der Waals surface area contributed by atoms with Crippen LogP contribution in [0.2, 0.25) is 0 Å². The van der Waals surface area contributed by atoms with Gasteiger partial charge in [0.05, 0.1) is 13.2 Å². The second-order valence-electron chi connectivity index (χ2n) is 3.32. The van der Waals surface area contributed by atoms with E-state index in [1.807, 2.05) is 36.2 Å². The summed E-state index contributed by atoms with van der Waals surface area (Å²) in [5.41, 5.74) is 1.70. The summed E-state index contributed by atoms with van der Waals surface area (Å²) in [5.74, 6) is -0.0507. The molecule has 0 spiro atoms. The predicted molar refractivity (Wildman–Crippen MR) is 59.7 cm³/mol. The highest BCUT2D eigenvalue weighted by Crippen LogP contribution is 2.18. The van der Waals surface area contributed by atoms with E-state index in [1.54, 1.807) is 7.05 Å². The van der Waals surface area contributed by atoms with Crippen molar-refractivity contribution >= 4 is 11.6 Å². The van der Waals surface area contributed by atoms with Crippen molar-refractivity contribution in [3.8, 4) is 0 Å². The van der Waals surface area contributed by atoms with Gasteiger partial charge in [0.15, 0.2) is 0 Å². The van der Waals surface area contributed by atoms with Crippen LogP contribution in [-0.2, 0) is 11.4 Å². The van der Waals surface area contributed by atoms with Crippen molar-refractivity contribution in [2.45, 2.75) is 6.61 Å². The lowest BCUT2D eigenvalue weighted by Gasteiger charge is -2.20. The number of nitrogens with zero attached hydrogens (tertiary/aromatic N) is 1. The zero-order chi connectivity index (χ0) is 11.3. The standard InChI is InChI=1S/C11H16N2O2/c1-12-11(15)7-13(2)10-6-4-3-5-9(10)8-14/h3-6,14H,7-8H2,1-2H3,(H,12,15). The van der Waals surface area contributed by atoms with Crippen LogP contribution in [0.15, 0.2) is 24.3 Å². The normalized spacial score (nSPS) is 9.80. The summed E-state index contributed by atoms with van der Waals surface area (Å²) in [7, 11) is 3.43. The number of rotatable bonds is 4. The van der Waals surface area contributed by atoms with Crippen LogP contribution in [0.1, 0.15) is 5.56 Å². The molecule has 4 heteroatoms. The Bertz CT molecular complexity index is 339. The second kappa shape index (κ2) is 5.36. The molecule has 0 aromatic heterocycles. The van der Waals surface area contributed by atoms with Crippen LogP contribution in [0.3, 0.4) is 0 Å². The number of hydrogen-bond donors (Lipinski definition) is 2. The van der Waals surface area contributed by atoms with Gasteiger partial charge < -0.3 is 15.3 Å². The van der Waals surface area contributed by atoms with Gasteiger partial charge in [0, 0.05) is 25.3 Å². The first-order chi connectivity index (χ1) is 7.19. The highest BCUT2D eigenvalue weighted by atomic mass is 16.3. The molecule has 0 radical (unpaired) electrons. The van der Waals surface area contributed by atoms with Crippen LogP contribution >= 0.6 is 0 Å². The van der Waals surface area contributed by atoms with Crippen LogP contribution in [0, 0.1) is 0 Å². The number of likely N-dealkylation sites (N-methyl/N-ethyl adjacent to an activating group) is 2. The number of carbonyl (C=O) groups is 1. The molecule has 2 N–H and O–H groups in total. The van der Waals surface area contributed by atoms with Gasteiger partial charge in [-0.25, -0.2) is 0 Å². The summed E-state index contributed by atoms with van der Waals surface area (Å²) in [4.78, 5) is 13.0. The maximum Gasteiger partial charge on any atom is 0.239 e. The van der Waals surface area contributed by atoms with Crippen molar-refractivity contribution in [3.63, 3.8) is 0 Å². The number of aliphatic hydroxyl groups excluding tert-OH is 1. The summed E-state index contributed by atoms with van der Waals surface area (Å²) in [6.45, 7) is 0.266. The van der Waals surface area contributed by atoms with Gasteiger partial charge in [-0.15, -0.1) is 0 Å². The van der Waals surface area contributed by atoms with Crippen molar-refractivity contribution in [2.75, 3.05) is 25.5 Å². The molecule has 0 aliphatic heterocycles. The van der Waals surface area contributed by atoms with Crippen LogP contribution in [0.4, 0.5) is 5.69 Å². The molecule has 0 saturated heterocycles. The summed E-state index contributed by atoms with van der Waals surface area (Å²) in [6.07, 6.45) is 0. The van der Waals surface area contributed by atoms with Crippen LogP contribution in [-0.4, -0.2) is 31.7 Å². The van der Waals surface area contributed by atoms with E-state index in [1.165, 1.54) is 0 Å². The Labute approximate surface area is 89.5 Å². The van der Waals surface area contributed by atoms with Gasteiger partial charge >= 0.3 is 0 Å². The molecule has 15 heavy (non-hydrogen) atoms. The largest absolute Gasteiger partial charge is 0.392 e. The Hall–Kier alpha value is -1.55. The third-order valence-corrected chi connectivity index (χ3v) is 2.23. The van der Waals surface area contributed by atoms with E-state index in [2.05, 4.69) is 5.32 Å². The molecule has 0 aliphatic carbocycles. The molecule has 0 heterocycles. The summed E-state index contributed by atoms with van der Waals surface area (Å²) < 4.78 is 0. The zero-order valence-corrected chi connectivity index (χ0v) is 9.03. The average Bonchev–Trinajstić information content (AvgIpc) is 2.28. The van der Waals surface area contributed by atoms with E-state index in [-0.39, 0.29) is 19.1 Å². The Morgan fingerprint density at radius 1 is 1.47 bits per heavy atom. The van der Waals surface area contributed by atoms with Gasteiger partial charge in [0.1, 0.15) is 0 Å². The van der Waals surface area contributed by atoms with Crippen LogP contribution < -0.4 is 10.2 Å². The lowest BCUT2D eigenvalue weighted by Crippen LogP contribution is -2.33. The molecule has 0 fully saturated rings. The Morgan fingerprint density at radius 2 is 2.13 bits per heavy atom. The average molecular weight is 208 g/mol. The zero-order valence-electron chi connectivity index (χ0n) is 9.03. The van der Waals surface area contributed by atoms with Gasteiger partial charge in [-0.05, 0) is 6.07 Å². The van der Waals surface area contributed by atoms with Gasteiger partial charge in [-0.1, -0.05) is 18.2 Å². The predicted octanol–water partition coefficient (Wildman–Crippen LogP) is 0.361. The first-order valence-electron chi connectivity index (χ1n) is 4.79. The topological polar surface area (TPSA) is 52.6 Å². The molecule has 0 aliphatic rings. The fourth-order valence-electron chi connectivity index (χ4n) is 1.40. The smallest absolute Gasteiger partial charge is 0.239 e. The summed E-state index contributed by atoms with van der Waals surface area (Å²) in [6, 6.07) is 7.47. The van der Waals surface area contributed by atoms with Crippen LogP contribution in [0.25, 0.3) is 0 Å². The van der Waals surface area contributed by atoms with Crippen molar-refractivity contribution in [1.82, 2.24) is 5.32 Å². The number of carbonyl (C=O) groups excluding carboxylic acids is 1. The number of amides is 1. The third kappa shape index (κ3) is 2.95. The molecular formula is C11H16N2O2. The lowest BCUT2D eigenvalue weighted by molar-refractivity contribution is -0.119. The van der Waals surface area contributed by atoms with Crippen molar-refractivity contribution < 1.29 is 9.90 Å². The molecule has 0 saturated carbocycles. The van der Waals surface area contributed by atoms with Gasteiger partial charge in [0.25, 0.3) is 0 Å². The molecule has 1 aromatic carbocycles. The third-order valence-electron chi connectivity index (χ3n) is 2.23. The molecule has 0 bridgehead atoms. The van der Waals surface area contributed by atoms with E-state index >= 15 is 0 Å². The highest BCUT2D eigenvalue weighted by Gasteiger charge is 2.08. The van der Waals surface area contributed by atoms with E-state index in [0.29, 0.717) is 0 Å². The van der Waals surface area contributed by atoms with Crippen molar-refractivity contribution in [2.24, 2.45) is 0 Å². The Morgan fingerprint density at radius 3 is 2.73 bits per heavy atom. The Balaban J connectivity index is 2.80. The first-order valence-corrected chi connectivity index (χ1v) is 4.79. The summed E-state index contributed by atoms with van der Waals surface area (Å²) in [5, 5.41) is 11.7. The quantitative estimate of drug-likeness (QED) is 0.751. The number of para-hydroxylation sites is 1. The minimum atomic E-state index is -0.0507. The molecular weight excluding hydrogens is 192 g/mol. The van der Waals surface area contributed by atoms with Crippen LogP contribution in [0.5, 0.6) is 0 Å². The van der Waals surface area contributed by atoms with E-state index < -0.39 is 0 Å². The fourth-order valence-corrected chi connectivity index (χ4v) is 1.40. The number of hydrogen-bond acceptors (Lipinski definition) is 3. The van der Waals surface area contributed by atoms with Crippen molar-refractivity contribution in [1.29, 1.82) is 0 Å². The SMILES string of the molecule is CNC(=O)CN(C)c1ccccc1CO. The maximum absolute atomic E-state index is 11.2. The molecule has 0 unspecified atom stereocenters. The highest BCUT2D eigenvalue weighted by molar-refractivity contribution is 5.81. The molecule has 0 atom stereocenters. The number of benzene rings is 1. The molecule has 1 rings (SSSR count). The molecule has 1 amide bonds. The minimum Gasteiger partial charge on any atom is -0.392 e. The molecule has 1 aromatic rings. The number of nitrogens with one attached hydrogen (secondary N) is 1. The second-order valence-corrected chi connectivity index (χ2v) is 3.32. The fraction of sp³-hybridized carbons (Fsp3) is 0.364. The Kier molecular flexibility index (Phi) is 4.12. The first kappa shape index (κ1) is 11.5. The van der Waals surface area contributed by atoms with E-state index in [0.717, 1.165) is 11.3 Å².